The Morgan fingerprint density at radius 2 is 2.17 bits per heavy atom. The van der Waals surface area contributed by atoms with Gasteiger partial charge in [0.05, 0.1) is 6.61 Å². The summed E-state index contributed by atoms with van der Waals surface area (Å²) >= 11 is 0. The summed E-state index contributed by atoms with van der Waals surface area (Å²) in [6.45, 7) is 11.7. The molecule has 0 spiro atoms. The average Bonchev–Trinajstić information content (AvgIpc) is 2.03. The van der Waals surface area contributed by atoms with Crippen LogP contribution in [0.4, 0.5) is 0 Å². The third-order valence-corrected chi connectivity index (χ3v) is 1.65. The number of hydrogen-bond donors (Lipinski definition) is 0. The average molecular weight is 168 g/mol. The lowest BCUT2D eigenvalue weighted by molar-refractivity contribution is -0.137. The van der Waals surface area contributed by atoms with Crippen LogP contribution in [-0.4, -0.2) is 12.6 Å². The molecule has 0 heterocycles. The van der Waals surface area contributed by atoms with E-state index in [1.165, 1.54) is 0 Å². The van der Waals surface area contributed by atoms with Crippen molar-refractivity contribution in [3.05, 3.63) is 24.8 Å². The molecule has 0 saturated heterocycles. The number of hydrogen-bond acceptors (Lipinski definition) is 2. The van der Waals surface area contributed by atoms with Crippen LogP contribution in [0.3, 0.4) is 0 Å². The summed E-state index contributed by atoms with van der Waals surface area (Å²) in [4.78, 5) is 10.6. The predicted octanol–water partition coefficient (Wildman–Crippen LogP) is 2.32. The Bertz CT molecular complexity index is 180. The van der Waals surface area contributed by atoms with Gasteiger partial charge in [-0.25, -0.2) is 4.79 Å². The smallest absolute Gasteiger partial charge is 0.330 e. The van der Waals surface area contributed by atoms with Crippen LogP contribution in [0.1, 0.15) is 20.3 Å². The van der Waals surface area contributed by atoms with E-state index in [0.717, 1.165) is 18.1 Å². The molecule has 0 aromatic carbocycles. The summed E-state index contributed by atoms with van der Waals surface area (Å²) in [5, 5.41) is 0. The van der Waals surface area contributed by atoms with Gasteiger partial charge in [0, 0.05) is 12.5 Å². The second kappa shape index (κ2) is 5.58. The Labute approximate surface area is 73.9 Å². The monoisotopic (exact) mass is 168 g/mol. The fourth-order valence-electron chi connectivity index (χ4n) is 0.630. The van der Waals surface area contributed by atoms with E-state index in [1.54, 1.807) is 0 Å². The summed E-state index contributed by atoms with van der Waals surface area (Å²) in [5.74, 6) is 0.0824. The van der Waals surface area contributed by atoms with Crippen LogP contribution in [0.2, 0.25) is 0 Å². The molecule has 0 unspecified atom stereocenters. The van der Waals surface area contributed by atoms with E-state index in [9.17, 15) is 4.79 Å². The maximum atomic E-state index is 10.6. The topological polar surface area (TPSA) is 26.3 Å². The predicted molar refractivity (Wildman–Crippen MR) is 49.8 cm³/mol. The molecular weight excluding hydrogens is 152 g/mol. The highest BCUT2D eigenvalue weighted by molar-refractivity contribution is 5.81. The molecule has 0 aromatic rings. The Morgan fingerprint density at radius 3 is 2.58 bits per heavy atom. The van der Waals surface area contributed by atoms with E-state index in [2.05, 4.69) is 27.0 Å². The SMILES string of the molecule is C=CC(=O)OCCC(=C)C(C)C. The van der Waals surface area contributed by atoms with Crippen LogP contribution in [-0.2, 0) is 9.53 Å². The summed E-state index contributed by atoms with van der Waals surface area (Å²) in [6, 6.07) is 0. The second-order valence-corrected chi connectivity index (χ2v) is 2.93. The van der Waals surface area contributed by atoms with Crippen LogP contribution >= 0.6 is 0 Å². The highest BCUT2D eigenvalue weighted by Gasteiger charge is 2.01. The van der Waals surface area contributed by atoms with Crippen LogP contribution in [0.5, 0.6) is 0 Å². The second-order valence-electron chi connectivity index (χ2n) is 2.93. The zero-order valence-corrected chi connectivity index (χ0v) is 7.80. The third kappa shape index (κ3) is 4.72. The number of carbonyl (C=O) groups is 1. The van der Waals surface area contributed by atoms with Crippen LogP contribution in [0.25, 0.3) is 0 Å². The van der Waals surface area contributed by atoms with Gasteiger partial charge in [0.15, 0.2) is 0 Å². The van der Waals surface area contributed by atoms with Crippen molar-refractivity contribution in [1.29, 1.82) is 0 Å². The molecule has 68 valence electrons. The molecule has 2 heteroatoms. The number of ether oxygens (including phenoxy) is 1. The molecular formula is C10H16O2. The molecule has 0 bridgehead atoms. The first kappa shape index (κ1) is 11.0. The third-order valence-electron chi connectivity index (χ3n) is 1.65. The highest BCUT2D eigenvalue weighted by Crippen LogP contribution is 2.10. The van der Waals surface area contributed by atoms with Crippen molar-refractivity contribution in [3.63, 3.8) is 0 Å². The Hall–Kier alpha value is -1.05. The van der Waals surface area contributed by atoms with Crippen LogP contribution < -0.4 is 0 Å². The molecule has 0 fully saturated rings. The van der Waals surface area contributed by atoms with Crippen molar-refractivity contribution in [2.24, 2.45) is 5.92 Å². The van der Waals surface area contributed by atoms with Gasteiger partial charge in [0.2, 0.25) is 0 Å². The van der Waals surface area contributed by atoms with Gasteiger partial charge in [0.25, 0.3) is 0 Å². The quantitative estimate of drug-likeness (QED) is 0.358. The van der Waals surface area contributed by atoms with Crippen molar-refractivity contribution >= 4 is 5.97 Å². The minimum absolute atomic E-state index is 0.369. The molecule has 2 nitrogen and oxygen atoms in total. The minimum Gasteiger partial charge on any atom is -0.462 e. The normalized spacial score (nSPS) is 9.58. The minimum atomic E-state index is -0.369. The Kier molecular flexibility index (Phi) is 5.09. The molecule has 0 aliphatic heterocycles. The first-order chi connectivity index (χ1) is 5.57. The number of esters is 1. The van der Waals surface area contributed by atoms with Gasteiger partial charge in [-0.1, -0.05) is 32.6 Å². The standard InChI is InChI=1S/C10H16O2/c1-5-10(11)12-7-6-9(4)8(2)3/h5,8H,1,4,6-7H2,2-3H3. The number of rotatable bonds is 5. The van der Waals surface area contributed by atoms with Crippen molar-refractivity contribution in [2.45, 2.75) is 20.3 Å². The molecule has 12 heavy (non-hydrogen) atoms. The van der Waals surface area contributed by atoms with Gasteiger partial charge in [0.1, 0.15) is 0 Å². The van der Waals surface area contributed by atoms with Gasteiger partial charge in [-0.05, 0) is 5.92 Å². The Morgan fingerprint density at radius 1 is 1.58 bits per heavy atom. The first-order valence-corrected chi connectivity index (χ1v) is 4.04. The molecule has 0 radical (unpaired) electrons. The van der Waals surface area contributed by atoms with Crippen molar-refractivity contribution in [2.75, 3.05) is 6.61 Å². The zero-order valence-electron chi connectivity index (χ0n) is 7.80. The largest absolute Gasteiger partial charge is 0.462 e. The summed E-state index contributed by atoms with van der Waals surface area (Å²) < 4.78 is 4.79. The molecule has 0 aliphatic carbocycles. The van der Waals surface area contributed by atoms with Crippen molar-refractivity contribution < 1.29 is 9.53 Å². The summed E-state index contributed by atoms with van der Waals surface area (Å²) in [6.07, 6.45) is 1.90. The maximum absolute atomic E-state index is 10.6. The van der Waals surface area contributed by atoms with E-state index >= 15 is 0 Å². The summed E-state index contributed by atoms with van der Waals surface area (Å²) in [7, 11) is 0. The van der Waals surface area contributed by atoms with Crippen molar-refractivity contribution in [3.8, 4) is 0 Å². The molecule has 0 saturated carbocycles. The van der Waals surface area contributed by atoms with Crippen LogP contribution in [0.15, 0.2) is 24.8 Å². The van der Waals surface area contributed by atoms with E-state index < -0.39 is 0 Å². The van der Waals surface area contributed by atoms with E-state index in [1.807, 2.05) is 0 Å². The fourth-order valence-corrected chi connectivity index (χ4v) is 0.630. The highest BCUT2D eigenvalue weighted by atomic mass is 16.5. The molecule has 0 aliphatic rings. The van der Waals surface area contributed by atoms with Crippen molar-refractivity contribution in [1.82, 2.24) is 0 Å². The number of carbonyl (C=O) groups excluding carboxylic acids is 1. The van der Waals surface area contributed by atoms with Gasteiger partial charge < -0.3 is 4.74 Å². The maximum Gasteiger partial charge on any atom is 0.330 e. The molecule has 0 N–H and O–H groups in total. The van der Waals surface area contributed by atoms with E-state index in [4.69, 9.17) is 4.74 Å². The lowest BCUT2D eigenvalue weighted by Gasteiger charge is -2.08. The fraction of sp³-hybridized carbons (Fsp3) is 0.500. The van der Waals surface area contributed by atoms with E-state index in [0.29, 0.717) is 12.5 Å². The van der Waals surface area contributed by atoms with E-state index in [-0.39, 0.29) is 5.97 Å². The lowest BCUT2D eigenvalue weighted by atomic mass is 10.0. The summed E-state index contributed by atoms with van der Waals surface area (Å²) in [5.41, 5.74) is 1.10. The zero-order chi connectivity index (χ0) is 9.56. The molecule has 0 aromatic heterocycles. The molecule has 0 rings (SSSR count). The first-order valence-electron chi connectivity index (χ1n) is 4.04. The molecule has 0 atom stereocenters. The van der Waals surface area contributed by atoms with Gasteiger partial charge in [-0.2, -0.15) is 0 Å². The Balaban J connectivity index is 3.50. The van der Waals surface area contributed by atoms with Gasteiger partial charge in [-0.3, -0.25) is 0 Å². The van der Waals surface area contributed by atoms with Gasteiger partial charge in [-0.15, -0.1) is 0 Å². The molecule has 0 amide bonds. The lowest BCUT2D eigenvalue weighted by Crippen LogP contribution is -2.04. The van der Waals surface area contributed by atoms with Crippen LogP contribution in [0, 0.1) is 5.92 Å². The van der Waals surface area contributed by atoms with Gasteiger partial charge >= 0.3 is 5.97 Å².